The van der Waals surface area contributed by atoms with E-state index in [-0.39, 0.29) is 0 Å². The summed E-state index contributed by atoms with van der Waals surface area (Å²) in [4.78, 5) is 0. The quantitative estimate of drug-likeness (QED) is 0.551. The lowest BCUT2D eigenvalue weighted by molar-refractivity contribution is 0.551. The predicted molar refractivity (Wildman–Crippen MR) is 81.7 cm³/mol. The molecule has 0 aromatic rings. The van der Waals surface area contributed by atoms with Gasteiger partial charge in [-0.25, -0.2) is 0 Å². The SMILES string of the molecule is CCSCCCCC(C)(SC)C(C)SC. The first-order valence-corrected chi connectivity index (χ1v) is 9.43. The van der Waals surface area contributed by atoms with Gasteiger partial charge in [-0.1, -0.05) is 20.3 Å². The van der Waals surface area contributed by atoms with Gasteiger partial charge in [-0.3, -0.25) is 0 Å². The van der Waals surface area contributed by atoms with E-state index in [0.717, 1.165) is 5.25 Å². The Morgan fingerprint density at radius 1 is 1.20 bits per heavy atom. The molecular formula is C12H26S3. The molecule has 3 heteroatoms. The minimum absolute atomic E-state index is 0.469. The Kier molecular flexibility index (Phi) is 9.76. The van der Waals surface area contributed by atoms with Gasteiger partial charge in [0, 0.05) is 10.00 Å². The molecule has 2 unspecified atom stereocenters. The maximum atomic E-state index is 2.42. The molecule has 0 aliphatic rings. The molecule has 0 rings (SSSR count). The Labute approximate surface area is 109 Å². The first kappa shape index (κ1) is 16.1. The van der Waals surface area contributed by atoms with E-state index in [1.165, 1.54) is 30.8 Å². The second-order valence-electron chi connectivity index (χ2n) is 4.05. The summed E-state index contributed by atoms with van der Waals surface area (Å²) in [7, 11) is 0. The molecule has 0 nitrogen and oxygen atoms in total. The summed E-state index contributed by atoms with van der Waals surface area (Å²) in [5, 5.41) is 0.756. The van der Waals surface area contributed by atoms with E-state index < -0.39 is 0 Å². The normalized spacial score (nSPS) is 17.4. The number of hydrogen-bond acceptors (Lipinski definition) is 3. The molecule has 2 atom stereocenters. The molecule has 0 aliphatic carbocycles. The van der Waals surface area contributed by atoms with Crippen molar-refractivity contribution < 1.29 is 0 Å². The summed E-state index contributed by atoms with van der Waals surface area (Å²) in [5.41, 5.74) is 0. The van der Waals surface area contributed by atoms with Gasteiger partial charge in [0.2, 0.25) is 0 Å². The van der Waals surface area contributed by atoms with Crippen molar-refractivity contribution in [3.63, 3.8) is 0 Å². The van der Waals surface area contributed by atoms with Crippen molar-refractivity contribution in [3.05, 3.63) is 0 Å². The maximum Gasteiger partial charge on any atom is 0.0244 e. The fourth-order valence-corrected chi connectivity index (χ4v) is 4.12. The second kappa shape index (κ2) is 9.12. The highest BCUT2D eigenvalue weighted by Gasteiger charge is 2.28. The van der Waals surface area contributed by atoms with E-state index in [9.17, 15) is 0 Å². The van der Waals surface area contributed by atoms with Gasteiger partial charge in [-0.05, 0) is 43.8 Å². The van der Waals surface area contributed by atoms with Crippen LogP contribution in [0.25, 0.3) is 0 Å². The smallest absolute Gasteiger partial charge is 0.0244 e. The van der Waals surface area contributed by atoms with Gasteiger partial charge in [0.05, 0.1) is 0 Å². The van der Waals surface area contributed by atoms with Gasteiger partial charge in [0.1, 0.15) is 0 Å². The molecule has 0 spiro atoms. The molecule has 0 aliphatic heterocycles. The van der Waals surface area contributed by atoms with Gasteiger partial charge < -0.3 is 0 Å². The minimum Gasteiger partial charge on any atom is -0.162 e. The molecule has 0 heterocycles. The molecule has 15 heavy (non-hydrogen) atoms. The van der Waals surface area contributed by atoms with E-state index in [2.05, 4.69) is 45.0 Å². The third-order valence-corrected chi connectivity index (χ3v) is 6.95. The summed E-state index contributed by atoms with van der Waals surface area (Å²) in [5.74, 6) is 2.61. The molecule has 0 bridgehead atoms. The third kappa shape index (κ3) is 6.38. The van der Waals surface area contributed by atoms with Gasteiger partial charge in [-0.2, -0.15) is 35.3 Å². The zero-order valence-corrected chi connectivity index (χ0v) is 13.3. The van der Waals surface area contributed by atoms with Crippen LogP contribution in [-0.2, 0) is 0 Å². The highest BCUT2D eigenvalue weighted by molar-refractivity contribution is 8.03. The first-order valence-electron chi connectivity index (χ1n) is 5.76. The molecule has 0 aromatic carbocycles. The molecule has 0 aromatic heterocycles. The fraction of sp³-hybridized carbons (Fsp3) is 1.00. The van der Waals surface area contributed by atoms with Crippen LogP contribution in [0.4, 0.5) is 0 Å². The number of unbranched alkanes of at least 4 members (excludes halogenated alkanes) is 1. The fourth-order valence-electron chi connectivity index (χ4n) is 1.55. The lowest BCUT2D eigenvalue weighted by atomic mass is 10.0. The van der Waals surface area contributed by atoms with Crippen molar-refractivity contribution in [1.29, 1.82) is 0 Å². The Balaban J connectivity index is 3.78. The molecule has 0 fully saturated rings. The van der Waals surface area contributed by atoms with Gasteiger partial charge in [-0.15, -0.1) is 0 Å². The minimum atomic E-state index is 0.469. The van der Waals surface area contributed by atoms with Crippen LogP contribution in [0.2, 0.25) is 0 Å². The number of thioether (sulfide) groups is 3. The van der Waals surface area contributed by atoms with Gasteiger partial charge >= 0.3 is 0 Å². The van der Waals surface area contributed by atoms with Crippen LogP contribution >= 0.6 is 35.3 Å². The van der Waals surface area contributed by atoms with E-state index in [1.54, 1.807) is 0 Å². The standard InChI is InChI=1S/C12H26S3/c1-6-15-10-8-7-9-12(3,14-5)11(2)13-4/h11H,6-10H2,1-5H3. The zero-order chi connectivity index (χ0) is 11.7. The summed E-state index contributed by atoms with van der Waals surface area (Å²) >= 11 is 6.11. The maximum absolute atomic E-state index is 2.42. The molecule has 0 saturated carbocycles. The van der Waals surface area contributed by atoms with Crippen molar-refractivity contribution in [2.75, 3.05) is 24.0 Å². The number of hydrogen-bond donors (Lipinski definition) is 0. The van der Waals surface area contributed by atoms with Crippen molar-refractivity contribution in [3.8, 4) is 0 Å². The lowest BCUT2D eigenvalue weighted by Gasteiger charge is -2.33. The average molecular weight is 267 g/mol. The average Bonchev–Trinajstić information content (AvgIpc) is 2.27. The van der Waals surface area contributed by atoms with E-state index in [4.69, 9.17) is 0 Å². The summed E-state index contributed by atoms with van der Waals surface area (Å²) in [6.45, 7) is 7.03. The van der Waals surface area contributed by atoms with Crippen molar-refractivity contribution in [2.45, 2.75) is 50.0 Å². The summed E-state index contributed by atoms with van der Waals surface area (Å²) in [6.07, 6.45) is 8.62. The van der Waals surface area contributed by atoms with Crippen LogP contribution in [0.5, 0.6) is 0 Å². The summed E-state index contributed by atoms with van der Waals surface area (Å²) in [6, 6.07) is 0. The van der Waals surface area contributed by atoms with Crippen LogP contribution in [0, 0.1) is 0 Å². The largest absolute Gasteiger partial charge is 0.162 e. The van der Waals surface area contributed by atoms with E-state index >= 15 is 0 Å². The highest BCUT2D eigenvalue weighted by Crippen LogP contribution is 2.37. The summed E-state index contributed by atoms with van der Waals surface area (Å²) < 4.78 is 0.469. The van der Waals surface area contributed by atoms with Crippen LogP contribution < -0.4 is 0 Å². The van der Waals surface area contributed by atoms with Crippen LogP contribution in [0.3, 0.4) is 0 Å². The highest BCUT2D eigenvalue weighted by atomic mass is 32.2. The Morgan fingerprint density at radius 3 is 2.33 bits per heavy atom. The predicted octanol–water partition coefficient (Wildman–Crippen LogP) is 4.78. The van der Waals surface area contributed by atoms with Crippen LogP contribution in [-0.4, -0.2) is 34.0 Å². The van der Waals surface area contributed by atoms with Gasteiger partial charge in [0.15, 0.2) is 0 Å². The lowest BCUT2D eigenvalue weighted by Crippen LogP contribution is -2.31. The molecule has 92 valence electrons. The monoisotopic (exact) mass is 266 g/mol. The Hall–Kier alpha value is 1.05. The Morgan fingerprint density at radius 2 is 1.87 bits per heavy atom. The van der Waals surface area contributed by atoms with Crippen molar-refractivity contribution in [1.82, 2.24) is 0 Å². The molecule has 0 N–H and O–H groups in total. The van der Waals surface area contributed by atoms with Crippen molar-refractivity contribution >= 4 is 35.3 Å². The molecular weight excluding hydrogens is 240 g/mol. The zero-order valence-electron chi connectivity index (χ0n) is 10.8. The Bertz CT molecular complexity index is 150. The van der Waals surface area contributed by atoms with Gasteiger partial charge in [0.25, 0.3) is 0 Å². The molecule has 0 amide bonds. The first-order chi connectivity index (χ1) is 7.10. The number of rotatable bonds is 9. The van der Waals surface area contributed by atoms with Crippen LogP contribution in [0.15, 0.2) is 0 Å². The van der Waals surface area contributed by atoms with E-state index in [1.807, 2.05) is 23.5 Å². The van der Waals surface area contributed by atoms with Crippen molar-refractivity contribution in [2.24, 2.45) is 0 Å². The van der Waals surface area contributed by atoms with Crippen LogP contribution in [0.1, 0.15) is 40.0 Å². The molecule has 0 radical (unpaired) electrons. The van der Waals surface area contributed by atoms with E-state index in [0.29, 0.717) is 4.75 Å². The topological polar surface area (TPSA) is 0 Å². The molecule has 0 saturated heterocycles. The second-order valence-corrected chi connectivity index (χ2v) is 7.96. The third-order valence-electron chi connectivity index (χ3n) is 3.10.